The maximum atomic E-state index is 13.0. The van der Waals surface area contributed by atoms with Crippen LogP contribution in [0.15, 0.2) is 9.70 Å². The first-order valence-electron chi connectivity index (χ1n) is 10.2. The average molecular weight is 445 g/mol. The number of thiocarbonyl (C=S) groups is 1. The topological polar surface area (TPSA) is 69.3 Å². The first kappa shape index (κ1) is 22.6. The molecule has 6 nitrogen and oxygen atoms in total. The number of thioether (sulfide) groups is 1. The van der Waals surface area contributed by atoms with Crippen LogP contribution in [0.1, 0.15) is 50.8 Å². The van der Waals surface area contributed by atoms with Crippen LogP contribution < -0.4 is 10.5 Å². The Balaban J connectivity index is 2.22. The smallest absolute Gasteiger partial charge is 0.270 e. The maximum absolute atomic E-state index is 13.0. The van der Waals surface area contributed by atoms with Crippen molar-refractivity contribution in [2.45, 2.75) is 47.1 Å². The molecule has 2 atom stereocenters. The Morgan fingerprint density at radius 3 is 2.33 bits per heavy atom. The Hall–Kier alpha value is -2.11. The predicted molar refractivity (Wildman–Crippen MR) is 126 cm³/mol. The number of anilines is 1. The van der Waals surface area contributed by atoms with Gasteiger partial charge in [0.05, 0.1) is 4.91 Å². The number of hydrogen-bond acceptors (Lipinski definition) is 6. The van der Waals surface area contributed by atoms with Gasteiger partial charge in [0, 0.05) is 31.7 Å². The van der Waals surface area contributed by atoms with E-state index in [-0.39, 0.29) is 23.1 Å². The SMILES string of the molecule is Cc1c(C=C2SC(=S)N(C(C)C)C2=O)c(N2CC(C)CC(C)C2)n(C)c(=O)c1C#N. The summed E-state index contributed by atoms with van der Waals surface area (Å²) in [5.41, 5.74) is 1.17. The molecule has 30 heavy (non-hydrogen) atoms. The lowest BCUT2D eigenvalue weighted by molar-refractivity contribution is -0.123. The third kappa shape index (κ3) is 3.93. The van der Waals surface area contributed by atoms with Crippen LogP contribution in [-0.4, -0.2) is 38.8 Å². The fraction of sp³-hybridized carbons (Fsp3) is 0.545. The molecule has 2 saturated heterocycles. The summed E-state index contributed by atoms with van der Waals surface area (Å²) in [7, 11) is 1.71. The summed E-state index contributed by atoms with van der Waals surface area (Å²) in [5, 5.41) is 9.60. The standard InChI is InChI=1S/C22H28N4O2S2/c1-12(2)26-21(28)18(30-22(26)29)8-16-15(5)17(9-23)20(27)24(6)19(16)25-10-13(3)7-14(4)11-25/h8,12-14H,7,10-11H2,1-6H3. The number of carbonyl (C=O) groups excluding carboxylic acids is 1. The molecule has 2 aliphatic rings. The van der Waals surface area contributed by atoms with Gasteiger partial charge in [-0.3, -0.25) is 19.1 Å². The number of piperidine rings is 1. The minimum atomic E-state index is -0.303. The van der Waals surface area contributed by atoms with Crippen LogP contribution in [0.25, 0.3) is 6.08 Å². The van der Waals surface area contributed by atoms with Gasteiger partial charge in [0.2, 0.25) is 0 Å². The zero-order valence-corrected chi connectivity index (χ0v) is 20.0. The van der Waals surface area contributed by atoms with Crippen LogP contribution in [0.2, 0.25) is 0 Å². The van der Waals surface area contributed by atoms with E-state index in [0.717, 1.165) is 30.9 Å². The van der Waals surface area contributed by atoms with Crippen LogP contribution >= 0.6 is 24.0 Å². The normalized spacial score (nSPS) is 23.6. The third-order valence-corrected chi connectivity index (χ3v) is 7.08. The molecule has 8 heteroatoms. The van der Waals surface area contributed by atoms with Gasteiger partial charge < -0.3 is 4.90 Å². The highest BCUT2D eigenvalue weighted by Crippen LogP contribution is 2.37. The number of pyridine rings is 1. The van der Waals surface area contributed by atoms with Crippen molar-refractivity contribution >= 4 is 46.1 Å². The van der Waals surface area contributed by atoms with E-state index in [0.29, 0.717) is 26.6 Å². The number of hydrogen-bond donors (Lipinski definition) is 0. The quantitative estimate of drug-likeness (QED) is 0.524. The molecule has 1 amide bonds. The van der Waals surface area contributed by atoms with Gasteiger partial charge in [0.1, 0.15) is 21.8 Å². The van der Waals surface area contributed by atoms with Gasteiger partial charge in [-0.1, -0.05) is 37.8 Å². The van der Waals surface area contributed by atoms with E-state index >= 15 is 0 Å². The Labute approximate surface area is 187 Å². The molecule has 0 N–H and O–H groups in total. The predicted octanol–water partition coefficient (Wildman–Crippen LogP) is 3.66. The highest BCUT2D eigenvalue weighted by molar-refractivity contribution is 8.26. The van der Waals surface area contributed by atoms with E-state index in [2.05, 4.69) is 24.8 Å². The van der Waals surface area contributed by atoms with E-state index in [1.165, 1.54) is 11.8 Å². The minimum Gasteiger partial charge on any atom is -0.357 e. The summed E-state index contributed by atoms with van der Waals surface area (Å²) < 4.78 is 2.09. The van der Waals surface area contributed by atoms with E-state index in [9.17, 15) is 14.9 Å². The molecular weight excluding hydrogens is 416 g/mol. The van der Waals surface area contributed by atoms with Crippen molar-refractivity contribution in [3.05, 3.63) is 31.9 Å². The van der Waals surface area contributed by atoms with Crippen LogP contribution in [0.4, 0.5) is 5.82 Å². The Morgan fingerprint density at radius 1 is 1.23 bits per heavy atom. The Morgan fingerprint density at radius 2 is 1.83 bits per heavy atom. The van der Waals surface area contributed by atoms with Crippen LogP contribution in [0.3, 0.4) is 0 Å². The molecule has 0 radical (unpaired) electrons. The average Bonchev–Trinajstić information content (AvgIpc) is 2.93. The molecular formula is C22H28N4O2S2. The largest absolute Gasteiger partial charge is 0.357 e. The van der Waals surface area contributed by atoms with E-state index in [1.807, 2.05) is 19.9 Å². The van der Waals surface area contributed by atoms with Crippen molar-refractivity contribution in [3.8, 4) is 6.07 Å². The Kier molecular flexibility index (Phi) is 6.44. The number of rotatable bonds is 3. The molecule has 0 saturated carbocycles. The minimum absolute atomic E-state index is 0.0254. The summed E-state index contributed by atoms with van der Waals surface area (Å²) in [6, 6.07) is 2.03. The first-order valence-corrected chi connectivity index (χ1v) is 11.4. The summed E-state index contributed by atoms with van der Waals surface area (Å²) >= 11 is 6.69. The van der Waals surface area contributed by atoms with E-state index in [1.54, 1.807) is 23.4 Å². The van der Waals surface area contributed by atoms with Crippen LogP contribution in [0, 0.1) is 30.1 Å². The van der Waals surface area contributed by atoms with E-state index < -0.39 is 0 Å². The highest BCUT2D eigenvalue weighted by atomic mass is 32.2. The third-order valence-electron chi connectivity index (χ3n) is 5.75. The van der Waals surface area contributed by atoms with Crippen molar-refractivity contribution in [1.82, 2.24) is 9.47 Å². The maximum Gasteiger partial charge on any atom is 0.270 e. The molecule has 0 aromatic carbocycles. The number of nitriles is 1. The van der Waals surface area contributed by atoms with Gasteiger partial charge >= 0.3 is 0 Å². The van der Waals surface area contributed by atoms with Gasteiger partial charge in [0.25, 0.3) is 11.5 Å². The second-order valence-electron chi connectivity index (χ2n) is 8.71. The van der Waals surface area contributed by atoms with Crippen molar-refractivity contribution in [2.75, 3.05) is 18.0 Å². The number of carbonyl (C=O) groups is 1. The molecule has 3 rings (SSSR count). The molecule has 2 unspecified atom stereocenters. The monoisotopic (exact) mass is 444 g/mol. The molecule has 0 bridgehead atoms. The van der Waals surface area contributed by atoms with Gasteiger partial charge in [-0.15, -0.1) is 0 Å². The molecule has 1 aromatic heterocycles. The fourth-order valence-electron chi connectivity index (χ4n) is 4.49. The first-order chi connectivity index (χ1) is 14.1. The lowest BCUT2D eigenvalue weighted by atomic mass is 9.91. The van der Waals surface area contributed by atoms with Crippen molar-refractivity contribution in [3.63, 3.8) is 0 Å². The lowest BCUT2D eigenvalue weighted by Crippen LogP contribution is -2.42. The molecule has 3 heterocycles. The number of amides is 1. The van der Waals surface area contributed by atoms with Crippen molar-refractivity contribution in [1.29, 1.82) is 5.26 Å². The van der Waals surface area contributed by atoms with E-state index in [4.69, 9.17) is 12.2 Å². The van der Waals surface area contributed by atoms with Crippen molar-refractivity contribution < 1.29 is 4.79 Å². The summed E-state index contributed by atoms with van der Waals surface area (Å²) in [6.07, 6.45) is 2.96. The molecule has 160 valence electrons. The molecule has 0 spiro atoms. The summed E-state index contributed by atoms with van der Waals surface area (Å²) in [6.45, 7) is 11.7. The molecule has 0 aliphatic carbocycles. The van der Waals surface area contributed by atoms with Crippen molar-refractivity contribution in [2.24, 2.45) is 18.9 Å². The molecule has 2 aliphatic heterocycles. The lowest BCUT2D eigenvalue weighted by Gasteiger charge is -2.38. The molecule has 1 aromatic rings. The zero-order valence-electron chi connectivity index (χ0n) is 18.4. The second-order valence-corrected chi connectivity index (χ2v) is 10.4. The van der Waals surface area contributed by atoms with Gasteiger partial charge in [-0.05, 0) is 50.7 Å². The Bertz CT molecular complexity index is 1030. The molecule has 2 fully saturated rings. The summed E-state index contributed by atoms with van der Waals surface area (Å²) in [5.74, 6) is 1.63. The van der Waals surface area contributed by atoms with Gasteiger partial charge in [0.15, 0.2) is 0 Å². The second kappa shape index (κ2) is 8.56. The number of aromatic nitrogens is 1. The van der Waals surface area contributed by atoms with Crippen LogP contribution in [0.5, 0.6) is 0 Å². The van der Waals surface area contributed by atoms with Crippen LogP contribution in [-0.2, 0) is 11.8 Å². The highest BCUT2D eigenvalue weighted by Gasteiger charge is 2.35. The zero-order chi connectivity index (χ0) is 22.3. The summed E-state index contributed by atoms with van der Waals surface area (Å²) in [4.78, 5) is 30.2. The van der Waals surface area contributed by atoms with Gasteiger partial charge in [-0.2, -0.15) is 5.26 Å². The van der Waals surface area contributed by atoms with Gasteiger partial charge in [-0.25, -0.2) is 0 Å². The fourth-order valence-corrected chi connectivity index (χ4v) is 5.99. The number of nitrogens with zero attached hydrogens (tertiary/aromatic N) is 4.